The standard InChI is InChI=1S/C23H16F6O/c1-2-3-4-15-12-19(24)18(20(25)13-15)9-6-14-5-8-17-16(11-14)7-10-21(22(17)26)30-23(27,28)29/h5,7-8,10-13H,2-4H2,1H3. The monoisotopic (exact) mass is 422 g/mol. The van der Waals surface area contributed by atoms with Crippen molar-refractivity contribution in [3.8, 4) is 17.6 Å². The maximum absolute atomic E-state index is 14.3. The molecule has 1 nitrogen and oxygen atoms in total. The molecule has 0 bridgehead atoms. The quantitative estimate of drug-likeness (QED) is 0.328. The Bertz CT molecular complexity index is 1120. The molecule has 3 aromatic rings. The molecule has 30 heavy (non-hydrogen) atoms. The Hall–Kier alpha value is -3.14. The van der Waals surface area contributed by atoms with Gasteiger partial charge in [-0.15, -0.1) is 13.2 Å². The van der Waals surface area contributed by atoms with Gasteiger partial charge in [-0.25, -0.2) is 13.2 Å². The second-order valence-corrected chi connectivity index (χ2v) is 6.65. The van der Waals surface area contributed by atoms with Crippen LogP contribution in [0.5, 0.6) is 5.75 Å². The summed E-state index contributed by atoms with van der Waals surface area (Å²) in [5.74, 6) is 1.40. The third-order valence-electron chi connectivity index (χ3n) is 4.40. The normalized spacial score (nSPS) is 11.3. The third kappa shape index (κ3) is 5.07. The zero-order chi connectivity index (χ0) is 21.9. The van der Waals surface area contributed by atoms with Gasteiger partial charge in [0.25, 0.3) is 0 Å². The van der Waals surface area contributed by atoms with Gasteiger partial charge in [0.05, 0.1) is 5.56 Å². The number of hydrogen-bond donors (Lipinski definition) is 0. The summed E-state index contributed by atoms with van der Waals surface area (Å²) in [6, 6.07) is 8.60. The summed E-state index contributed by atoms with van der Waals surface area (Å²) in [5, 5.41) is 0.171. The SMILES string of the molecule is CCCCc1cc(F)c(C#Cc2ccc3c(F)c(OC(F)(F)F)ccc3c2)c(F)c1. The Labute approximate surface area is 169 Å². The lowest BCUT2D eigenvalue weighted by Gasteiger charge is -2.11. The minimum absolute atomic E-state index is 0.0973. The Balaban J connectivity index is 1.91. The zero-order valence-electron chi connectivity index (χ0n) is 15.8. The van der Waals surface area contributed by atoms with E-state index in [4.69, 9.17) is 0 Å². The molecular formula is C23H16F6O. The lowest BCUT2D eigenvalue weighted by atomic mass is 10.0. The number of alkyl halides is 3. The number of rotatable bonds is 4. The molecule has 0 aliphatic carbocycles. The van der Waals surface area contributed by atoms with Crippen LogP contribution in [-0.4, -0.2) is 6.36 Å². The zero-order valence-corrected chi connectivity index (χ0v) is 15.8. The van der Waals surface area contributed by atoms with E-state index in [0.29, 0.717) is 17.5 Å². The number of hydrogen-bond acceptors (Lipinski definition) is 1. The van der Waals surface area contributed by atoms with Gasteiger partial charge in [0, 0.05) is 10.9 Å². The molecule has 0 unspecified atom stereocenters. The molecule has 0 saturated heterocycles. The predicted octanol–water partition coefficient (Wildman–Crippen LogP) is 6.90. The first-order valence-electron chi connectivity index (χ1n) is 9.16. The highest BCUT2D eigenvalue weighted by Crippen LogP contribution is 2.31. The van der Waals surface area contributed by atoms with E-state index in [9.17, 15) is 26.3 Å². The van der Waals surface area contributed by atoms with Gasteiger partial charge in [0.15, 0.2) is 11.6 Å². The second kappa shape index (κ2) is 8.70. The van der Waals surface area contributed by atoms with Crippen molar-refractivity contribution in [2.75, 3.05) is 0 Å². The van der Waals surface area contributed by atoms with E-state index >= 15 is 0 Å². The molecule has 3 aromatic carbocycles. The molecule has 7 heteroatoms. The smallest absolute Gasteiger partial charge is 0.403 e. The first-order chi connectivity index (χ1) is 14.2. The number of ether oxygens (including phenoxy) is 1. The summed E-state index contributed by atoms with van der Waals surface area (Å²) in [6.45, 7) is 1.98. The highest BCUT2D eigenvalue weighted by molar-refractivity contribution is 5.86. The maximum atomic E-state index is 14.3. The van der Waals surface area contributed by atoms with E-state index in [2.05, 4.69) is 16.6 Å². The van der Waals surface area contributed by atoms with Crippen LogP contribution in [0.25, 0.3) is 10.8 Å². The fourth-order valence-corrected chi connectivity index (χ4v) is 2.96. The molecule has 0 N–H and O–H groups in total. The van der Waals surface area contributed by atoms with Crippen LogP contribution in [-0.2, 0) is 6.42 Å². The Morgan fingerprint density at radius 3 is 2.23 bits per heavy atom. The molecule has 0 fully saturated rings. The summed E-state index contributed by atoms with van der Waals surface area (Å²) in [5.41, 5.74) is 0.492. The van der Waals surface area contributed by atoms with Crippen molar-refractivity contribution >= 4 is 10.8 Å². The second-order valence-electron chi connectivity index (χ2n) is 6.65. The number of fused-ring (bicyclic) bond motifs is 1. The van der Waals surface area contributed by atoms with E-state index in [-0.39, 0.29) is 16.3 Å². The van der Waals surface area contributed by atoms with Crippen molar-refractivity contribution in [2.45, 2.75) is 32.5 Å². The van der Waals surface area contributed by atoms with Crippen LogP contribution in [0.15, 0.2) is 42.5 Å². The number of halogens is 6. The van der Waals surface area contributed by atoms with Crippen LogP contribution >= 0.6 is 0 Å². The van der Waals surface area contributed by atoms with Crippen LogP contribution in [0.1, 0.15) is 36.5 Å². The molecular weight excluding hydrogens is 406 g/mol. The van der Waals surface area contributed by atoms with Gasteiger partial charge in [-0.2, -0.15) is 0 Å². The van der Waals surface area contributed by atoms with E-state index in [1.807, 2.05) is 6.92 Å². The van der Waals surface area contributed by atoms with Crippen LogP contribution in [0.2, 0.25) is 0 Å². The lowest BCUT2D eigenvalue weighted by Crippen LogP contribution is -2.17. The number of benzene rings is 3. The summed E-state index contributed by atoms with van der Waals surface area (Å²) in [4.78, 5) is 0. The van der Waals surface area contributed by atoms with Gasteiger partial charge >= 0.3 is 6.36 Å². The van der Waals surface area contributed by atoms with E-state index in [1.165, 1.54) is 36.4 Å². The summed E-state index contributed by atoms with van der Waals surface area (Å²) in [7, 11) is 0. The molecule has 156 valence electrons. The van der Waals surface area contributed by atoms with Crippen molar-refractivity contribution in [1.29, 1.82) is 0 Å². The van der Waals surface area contributed by atoms with Crippen molar-refractivity contribution < 1.29 is 31.1 Å². The maximum Gasteiger partial charge on any atom is 0.573 e. The topological polar surface area (TPSA) is 9.23 Å². The highest BCUT2D eigenvalue weighted by atomic mass is 19.4. The van der Waals surface area contributed by atoms with Crippen molar-refractivity contribution in [1.82, 2.24) is 0 Å². The molecule has 0 spiro atoms. The predicted molar refractivity (Wildman–Crippen MR) is 102 cm³/mol. The van der Waals surface area contributed by atoms with Crippen LogP contribution in [0, 0.1) is 29.3 Å². The molecule has 0 atom stereocenters. The van der Waals surface area contributed by atoms with Gasteiger partial charge in [-0.1, -0.05) is 37.3 Å². The summed E-state index contributed by atoms with van der Waals surface area (Å²) < 4.78 is 83.4. The van der Waals surface area contributed by atoms with Crippen molar-refractivity contribution in [3.63, 3.8) is 0 Å². The summed E-state index contributed by atoms with van der Waals surface area (Å²) in [6.07, 6.45) is -2.74. The average Bonchev–Trinajstić information content (AvgIpc) is 2.67. The van der Waals surface area contributed by atoms with E-state index in [0.717, 1.165) is 18.9 Å². The Morgan fingerprint density at radius 1 is 0.900 bits per heavy atom. The van der Waals surface area contributed by atoms with E-state index < -0.39 is 29.6 Å². The van der Waals surface area contributed by atoms with Crippen LogP contribution < -0.4 is 4.74 Å². The van der Waals surface area contributed by atoms with Gasteiger partial charge in [-0.3, -0.25) is 0 Å². The van der Waals surface area contributed by atoms with Crippen LogP contribution in [0.3, 0.4) is 0 Å². The van der Waals surface area contributed by atoms with Gasteiger partial charge < -0.3 is 4.74 Å². The van der Waals surface area contributed by atoms with Crippen molar-refractivity contribution in [2.24, 2.45) is 0 Å². The molecule has 0 aliphatic rings. The molecule has 3 rings (SSSR count). The van der Waals surface area contributed by atoms with Crippen LogP contribution in [0.4, 0.5) is 26.3 Å². The number of unbranched alkanes of at least 4 members (excludes halogenated alkanes) is 1. The molecule has 0 amide bonds. The van der Waals surface area contributed by atoms with Gasteiger partial charge in [0.2, 0.25) is 0 Å². The first-order valence-corrected chi connectivity index (χ1v) is 9.16. The molecule has 0 heterocycles. The molecule has 0 aromatic heterocycles. The fourth-order valence-electron chi connectivity index (χ4n) is 2.96. The largest absolute Gasteiger partial charge is 0.573 e. The lowest BCUT2D eigenvalue weighted by molar-refractivity contribution is -0.275. The van der Waals surface area contributed by atoms with E-state index in [1.54, 1.807) is 0 Å². The molecule has 0 saturated carbocycles. The fraction of sp³-hybridized carbons (Fsp3) is 0.217. The third-order valence-corrected chi connectivity index (χ3v) is 4.40. The highest BCUT2D eigenvalue weighted by Gasteiger charge is 2.32. The van der Waals surface area contributed by atoms with Crippen molar-refractivity contribution in [3.05, 3.63) is 76.6 Å². The number of aryl methyl sites for hydroxylation is 1. The minimum Gasteiger partial charge on any atom is -0.403 e. The Kier molecular flexibility index (Phi) is 6.25. The molecule has 0 aliphatic heterocycles. The summed E-state index contributed by atoms with van der Waals surface area (Å²) >= 11 is 0. The minimum atomic E-state index is -5.01. The Morgan fingerprint density at radius 2 is 1.60 bits per heavy atom. The first kappa shape index (κ1) is 21.6. The van der Waals surface area contributed by atoms with Gasteiger partial charge in [-0.05, 0) is 54.1 Å². The molecule has 0 radical (unpaired) electrons. The van der Waals surface area contributed by atoms with Gasteiger partial charge in [0.1, 0.15) is 11.6 Å². The average molecular weight is 422 g/mol.